The van der Waals surface area contributed by atoms with E-state index in [1.54, 1.807) is 0 Å². The summed E-state index contributed by atoms with van der Waals surface area (Å²) in [5.74, 6) is 0.467. The maximum atomic E-state index is 12.5. The summed E-state index contributed by atoms with van der Waals surface area (Å²) in [5, 5.41) is 32.2. The molecule has 5 rings (SSSR count). The Morgan fingerprint density at radius 2 is 1.97 bits per heavy atom. The van der Waals surface area contributed by atoms with Crippen LogP contribution in [0, 0.1) is 0 Å². The van der Waals surface area contributed by atoms with Crippen molar-refractivity contribution in [1.82, 2.24) is 4.90 Å². The third-order valence-electron chi connectivity index (χ3n) is 6.24. The fourth-order valence-electron chi connectivity index (χ4n) is 4.63. The molecule has 7 heteroatoms. The van der Waals surface area contributed by atoms with Crippen LogP contribution in [0.15, 0.2) is 42.5 Å². The molecule has 4 N–H and O–H groups in total. The average Bonchev–Trinajstić information content (AvgIpc) is 3.38. The van der Waals surface area contributed by atoms with Gasteiger partial charge in [0.25, 0.3) is 5.91 Å². The van der Waals surface area contributed by atoms with Crippen molar-refractivity contribution in [3.05, 3.63) is 64.7 Å². The van der Waals surface area contributed by atoms with Gasteiger partial charge in [-0.15, -0.1) is 0 Å². The summed E-state index contributed by atoms with van der Waals surface area (Å²) in [6.45, 7) is 1.21. The van der Waals surface area contributed by atoms with Gasteiger partial charge in [0, 0.05) is 35.5 Å². The molecule has 3 aliphatic heterocycles. The highest BCUT2D eigenvalue weighted by molar-refractivity contribution is 6.36. The number of hydrogen-bond donors (Lipinski definition) is 4. The van der Waals surface area contributed by atoms with Crippen LogP contribution in [0.25, 0.3) is 11.3 Å². The van der Waals surface area contributed by atoms with Crippen LogP contribution in [0.2, 0.25) is 0 Å². The van der Waals surface area contributed by atoms with Gasteiger partial charge >= 0.3 is 0 Å². The topological polar surface area (TPSA) is 102 Å². The summed E-state index contributed by atoms with van der Waals surface area (Å²) < 4.78 is 5.94. The van der Waals surface area contributed by atoms with E-state index in [9.17, 15) is 20.1 Å². The van der Waals surface area contributed by atoms with Gasteiger partial charge in [-0.1, -0.05) is 36.4 Å². The maximum absolute atomic E-state index is 12.5. The van der Waals surface area contributed by atoms with Crippen molar-refractivity contribution >= 4 is 22.9 Å². The standard InChI is InChI=1S/C23H24N2O5/c26-11-18-21(28)19(27)10-25(18)8-7-13-5-6-15-14(9-13)12-30-22(15)20-16-3-1-2-4-17(16)24-23(20)29/h1-6,9,18-19,21,26-28H,7-8,10-12H2,(H,24,29)/b22-20+. The lowest BCUT2D eigenvalue weighted by Gasteiger charge is -2.23. The summed E-state index contributed by atoms with van der Waals surface area (Å²) in [5.41, 5.74) is 5.30. The lowest BCUT2D eigenvalue weighted by Crippen LogP contribution is -2.39. The molecule has 0 radical (unpaired) electrons. The van der Waals surface area contributed by atoms with Gasteiger partial charge in [0.2, 0.25) is 0 Å². The van der Waals surface area contributed by atoms with E-state index in [1.807, 2.05) is 41.3 Å². The number of carbonyl (C=O) groups is 1. The molecule has 3 atom stereocenters. The Kier molecular flexibility index (Phi) is 4.83. The maximum Gasteiger partial charge on any atom is 0.260 e. The monoisotopic (exact) mass is 408 g/mol. The number of amides is 1. The number of para-hydroxylation sites is 1. The van der Waals surface area contributed by atoms with Gasteiger partial charge in [-0.05, 0) is 18.1 Å². The third kappa shape index (κ3) is 3.11. The first kappa shape index (κ1) is 19.3. The molecule has 1 amide bonds. The largest absolute Gasteiger partial charge is 0.487 e. The Morgan fingerprint density at radius 3 is 2.80 bits per heavy atom. The van der Waals surface area contributed by atoms with Crippen molar-refractivity contribution in [3.63, 3.8) is 0 Å². The van der Waals surface area contributed by atoms with Crippen LogP contribution in [-0.4, -0.2) is 64.1 Å². The van der Waals surface area contributed by atoms with E-state index in [4.69, 9.17) is 4.74 Å². The smallest absolute Gasteiger partial charge is 0.260 e. The van der Waals surface area contributed by atoms with Gasteiger partial charge in [0.05, 0.1) is 30.4 Å². The Balaban J connectivity index is 1.37. The lowest BCUT2D eigenvalue weighted by molar-refractivity contribution is -0.110. The Hall–Kier alpha value is -2.71. The van der Waals surface area contributed by atoms with Crippen LogP contribution in [0.3, 0.4) is 0 Å². The molecule has 0 aliphatic carbocycles. The van der Waals surface area contributed by atoms with Gasteiger partial charge < -0.3 is 25.4 Å². The quantitative estimate of drug-likeness (QED) is 0.563. The molecule has 1 fully saturated rings. The molecular formula is C23H24N2O5. The number of carbonyl (C=O) groups excluding carboxylic acids is 1. The van der Waals surface area contributed by atoms with Gasteiger partial charge in [-0.2, -0.15) is 0 Å². The number of aliphatic hydroxyl groups is 3. The van der Waals surface area contributed by atoms with E-state index >= 15 is 0 Å². The minimum absolute atomic E-state index is 0.149. The summed E-state index contributed by atoms with van der Waals surface area (Å²) in [6.07, 6.45) is -1.03. The average molecular weight is 408 g/mol. The highest BCUT2D eigenvalue weighted by Crippen LogP contribution is 2.41. The molecule has 1 saturated heterocycles. The zero-order chi connectivity index (χ0) is 20.8. The summed E-state index contributed by atoms with van der Waals surface area (Å²) in [7, 11) is 0. The van der Waals surface area contributed by atoms with E-state index in [1.165, 1.54) is 0 Å². The van der Waals surface area contributed by atoms with Crippen molar-refractivity contribution in [2.45, 2.75) is 31.3 Å². The van der Waals surface area contributed by atoms with Crippen molar-refractivity contribution in [1.29, 1.82) is 0 Å². The molecule has 2 aromatic carbocycles. The van der Waals surface area contributed by atoms with Gasteiger partial charge in [-0.3, -0.25) is 9.69 Å². The first-order valence-electron chi connectivity index (χ1n) is 10.2. The van der Waals surface area contributed by atoms with Crippen LogP contribution in [-0.2, 0) is 22.6 Å². The van der Waals surface area contributed by atoms with E-state index in [2.05, 4.69) is 11.4 Å². The second-order valence-electron chi connectivity index (χ2n) is 8.04. The number of hydrogen-bond acceptors (Lipinski definition) is 6. The number of rotatable bonds is 4. The zero-order valence-electron chi connectivity index (χ0n) is 16.4. The van der Waals surface area contributed by atoms with E-state index in [-0.39, 0.29) is 12.5 Å². The molecule has 7 nitrogen and oxygen atoms in total. The molecule has 0 bridgehead atoms. The third-order valence-corrected chi connectivity index (χ3v) is 6.24. The van der Waals surface area contributed by atoms with Crippen molar-refractivity contribution < 1.29 is 24.9 Å². The van der Waals surface area contributed by atoms with Crippen molar-refractivity contribution in [2.75, 3.05) is 25.0 Å². The Morgan fingerprint density at radius 1 is 1.13 bits per heavy atom. The number of benzene rings is 2. The molecule has 3 unspecified atom stereocenters. The fourth-order valence-corrected chi connectivity index (χ4v) is 4.63. The van der Waals surface area contributed by atoms with Crippen LogP contribution >= 0.6 is 0 Å². The lowest BCUT2D eigenvalue weighted by atomic mass is 9.98. The first-order chi connectivity index (χ1) is 14.6. The van der Waals surface area contributed by atoms with Crippen LogP contribution in [0.1, 0.15) is 22.3 Å². The minimum Gasteiger partial charge on any atom is -0.487 e. The summed E-state index contributed by atoms with van der Waals surface area (Å²) in [6, 6.07) is 13.3. The molecular weight excluding hydrogens is 384 g/mol. The number of fused-ring (bicyclic) bond motifs is 2. The van der Waals surface area contributed by atoms with Crippen molar-refractivity contribution in [3.8, 4) is 0 Å². The highest BCUT2D eigenvalue weighted by Gasteiger charge is 2.39. The highest BCUT2D eigenvalue weighted by atomic mass is 16.5. The van der Waals surface area contributed by atoms with Crippen LogP contribution in [0.5, 0.6) is 0 Å². The van der Waals surface area contributed by atoms with Gasteiger partial charge in [-0.25, -0.2) is 0 Å². The van der Waals surface area contributed by atoms with E-state index < -0.39 is 18.2 Å². The number of anilines is 1. The van der Waals surface area contributed by atoms with E-state index in [0.29, 0.717) is 31.0 Å². The molecule has 30 heavy (non-hydrogen) atoms. The zero-order valence-corrected chi connectivity index (χ0v) is 16.4. The number of β-amino-alcohol motifs (C(OH)–C–C–N with tert-alkyl or cyclic N) is 1. The summed E-state index contributed by atoms with van der Waals surface area (Å²) >= 11 is 0. The molecule has 2 aromatic rings. The number of ether oxygens (including phenoxy) is 1. The molecule has 3 aliphatic rings. The van der Waals surface area contributed by atoms with Gasteiger partial charge in [0.1, 0.15) is 12.4 Å². The normalized spacial score (nSPS) is 27.7. The first-order valence-corrected chi connectivity index (χ1v) is 10.2. The SMILES string of the molecule is O=C1Nc2ccccc2/C1=C1\OCc2cc(CCN3CC(O)C(O)C3CO)ccc21. The predicted molar refractivity (Wildman–Crippen MR) is 111 cm³/mol. The molecule has 156 valence electrons. The minimum atomic E-state index is -0.918. The number of aliphatic hydroxyl groups excluding tert-OH is 3. The number of likely N-dealkylation sites (tertiary alicyclic amines) is 1. The fraction of sp³-hybridized carbons (Fsp3) is 0.348. The second kappa shape index (κ2) is 7.52. The molecule has 0 aromatic heterocycles. The number of nitrogens with zero attached hydrogens (tertiary/aromatic N) is 1. The molecule has 0 spiro atoms. The summed E-state index contributed by atoms with van der Waals surface area (Å²) in [4.78, 5) is 14.5. The molecule has 3 heterocycles. The Labute approximate surface area is 174 Å². The molecule has 0 saturated carbocycles. The predicted octanol–water partition coefficient (Wildman–Crippen LogP) is 0.978. The Bertz CT molecular complexity index is 1030. The second-order valence-corrected chi connectivity index (χ2v) is 8.04. The van der Waals surface area contributed by atoms with Crippen molar-refractivity contribution in [2.24, 2.45) is 0 Å². The number of nitrogens with one attached hydrogen (secondary N) is 1. The van der Waals surface area contributed by atoms with Crippen LogP contribution in [0.4, 0.5) is 5.69 Å². The van der Waals surface area contributed by atoms with Crippen LogP contribution < -0.4 is 5.32 Å². The van der Waals surface area contributed by atoms with Gasteiger partial charge in [0.15, 0.2) is 0 Å². The van der Waals surface area contributed by atoms with E-state index in [0.717, 1.165) is 34.4 Å².